The summed E-state index contributed by atoms with van der Waals surface area (Å²) in [5.74, 6) is 4.24. The molecule has 1 aliphatic rings. The Bertz CT molecular complexity index is 568. The maximum atomic E-state index is 11.2. The van der Waals surface area contributed by atoms with Crippen LogP contribution in [-0.2, 0) is 6.42 Å². The van der Waals surface area contributed by atoms with Crippen molar-refractivity contribution >= 4 is 17.4 Å². The number of H-pyrrole nitrogens is 1. The maximum Gasteiger partial charge on any atom is 0.183 e. The zero-order chi connectivity index (χ0) is 11.7. The van der Waals surface area contributed by atoms with Crippen LogP contribution in [0.5, 0.6) is 0 Å². The van der Waals surface area contributed by atoms with Crippen LogP contribution in [0.4, 0.5) is 0 Å². The second kappa shape index (κ2) is 4.56. The minimum Gasteiger partial charge on any atom is -0.290 e. The number of hydrogen-bond donors (Lipinski definition) is 1. The summed E-state index contributed by atoms with van der Waals surface area (Å²) >= 11 is 2.03. The van der Waals surface area contributed by atoms with E-state index in [0.717, 1.165) is 23.8 Å². The van der Waals surface area contributed by atoms with Crippen LogP contribution in [0.15, 0.2) is 23.1 Å². The molecule has 0 spiro atoms. The van der Waals surface area contributed by atoms with Gasteiger partial charge in [0, 0.05) is 24.8 Å². The Hall–Kier alpha value is -1.23. The Balaban J connectivity index is 1.82. The maximum absolute atomic E-state index is 11.2. The van der Waals surface area contributed by atoms with E-state index in [1.54, 1.807) is 18.3 Å². The third-order valence-electron chi connectivity index (χ3n) is 3.14. The fraction of sp³-hybridized carbons (Fsp3) is 0.500. The van der Waals surface area contributed by atoms with Crippen molar-refractivity contribution in [2.45, 2.75) is 19.3 Å². The Kier molecular flexibility index (Phi) is 2.93. The number of thioether (sulfide) groups is 1. The molecular formula is C12H15N3OS. The predicted octanol–water partition coefficient (Wildman–Crippen LogP) is 1.71. The zero-order valence-electron chi connectivity index (χ0n) is 9.56. The summed E-state index contributed by atoms with van der Waals surface area (Å²) in [6.07, 6.45) is 5.33. The number of nitrogens with one attached hydrogen (secondary N) is 1. The SMILES string of the molecule is O=c1ccn2[nH]c(CC3CCCSC3)nc2c1. The van der Waals surface area contributed by atoms with Crippen molar-refractivity contribution in [2.75, 3.05) is 11.5 Å². The minimum absolute atomic E-state index is 0.0104. The molecule has 1 saturated heterocycles. The molecule has 90 valence electrons. The fourth-order valence-electron chi connectivity index (χ4n) is 2.29. The van der Waals surface area contributed by atoms with Crippen molar-refractivity contribution in [2.24, 2.45) is 5.92 Å². The predicted molar refractivity (Wildman–Crippen MR) is 69.6 cm³/mol. The van der Waals surface area contributed by atoms with Gasteiger partial charge < -0.3 is 0 Å². The van der Waals surface area contributed by atoms with Gasteiger partial charge in [-0.15, -0.1) is 0 Å². The van der Waals surface area contributed by atoms with Crippen molar-refractivity contribution in [3.63, 3.8) is 0 Å². The first-order valence-electron chi connectivity index (χ1n) is 5.96. The Morgan fingerprint density at radius 1 is 1.59 bits per heavy atom. The molecule has 1 atom stereocenters. The molecule has 0 saturated carbocycles. The van der Waals surface area contributed by atoms with Crippen LogP contribution < -0.4 is 5.43 Å². The van der Waals surface area contributed by atoms with Gasteiger partial charge in [-0.05, 0) is 30.3 Å². The topological polar surface area (TPSA) is 50.2 Å². The zero-order valence-corrected chi connectivity index (χ0v) is 10.4. The molecule has 0 aliphatic carbocycles. The second-order valence-electron chi connectivity index (χ2n) is 4.55. The highest BCUT2D eigenvalue weighted by molar-refractivity contribution is 7.99. The van der Waals surface area contributed by atoms with E-state index in [1.165, 1.54) is 24.3 Å². The third kappa shape index (κ3) is 2.39. The van der Waals surface area contributed by atoms with E-state index in [0.29, 0.717) is 0 Å². The molecule has 0 aromatic carbocycles. The first kappa shape index (κ1) is 10.9. The lowest BCUT2D eigenvalue weighted by Gasteiger charge is -2.19. The first-order valence-corrected chi connectivity index (χ1v) is 7.12. The molecule has 0 radical (unpaired) electrons. The molecule has 4 nitrogen and oxygen atoms in total. The molecule has 2 aromatic rings. The number of pyridine rings is 1. The monoisotopic (exact) mass is 249 g/mol. The van der Waals surface area contributed by atoms with Crippen molar-refractivity contribution < 1.29 is 0 Å². The van der Waals surface area contributed by atoms with Gasteiger partial charge in [-0.25, -0.2) is 9.50 Å². The number of aromatic amines is 1. The molecule has 5 heteroatoms. The molecule has 1 fully saturated rings. The van der Waals surface area contributed by atoms with Crippen molar-refractivity contribution in [1.29, 1.82) is 0 Å². The fourth-order valence-corrected chi connectivity index (χ4v) is 3.44. The van der Waals surface area contributed by atoms with E-state index in [4.69, 9.17) is 0 Å². The summed E-state index contributed by atoms with van der Waals surface area (Å²) < 4.78 is 1.81. The average Bonchev–Trinajstić information content (AvgIpc) is 2.71. The van der Waals surface area contributed by atoms with Crippen LogP contribution in [0, 0.1) is 5.92 Å². The Morgan fingerprint density at radius 3 is 3.35 bits per heavy atom. The van der Waals surface area contributed by atoms with Crippen molar-refractivity contribution in [3.05, 3.63) is 34.4 Å². The van der Waals surface area contributed by atoms with E-state index < -0.39 is 0 Å². The molecule has 1 N–H and O–H groups in total. The summed E-state index contributed by atoms with van der Waals surface area (Å²) in [7, 11) is 0. The van der Waals surface area contributed by atoms with E-state index in [9.17, 15) is 4.79 Å². The number of fused-ring (bicyclic) bond motifs is 1. The Labute approximate surface area is 103 Å². The summed E-state index contributed by atoms with van der Waals surface area (Å²) in [6, 6.07) is 3.11. The van der Waals surface area contributed by atoms with Gasteiger partial charge in [0.15, 0.2) is 11.1 Å². The summed E-state index contributed by atoms with van der Waals surface area (Å²) in [5.41, 5.74) is 0.729. The van der Waals surface area contributed by atoms with Gasteiger partial charge in [0.25, 0.3) is 0 Å². The summed E-state index contributed by atoms with van der Waals surface area (Å²) in [5, 5.41) is 3.23. The number of aromatic nitrogens is 3. The van der Waals surface area contributed by atoms with Crippen LogP contribution in [0.3, 0.4) is 0 Å². The molecule has 17 heavy (non-hydrogen) atoms. The van der Waals surface area contributed by atoms with Crippen LogP contribution in [0.2, 0.25) is 0 Å². The highest BCUT2D eigenvalue weighted by atomic mass is 32.2. The minimum atomic E-state index is 0.0104. The van der Waals surface area contributed by atoms with Crippen LogP contribution in [0.25, 0.3) is 5.65 Å². The first-order chi connectivity index (χ1) is 8.31. The molecule has 0 amide bonds. The molecule has 0 bridgehead atoms. The standard InChI is InChI=1S/C12H15N3OS/c16-10-3-4-15-12(7-10)13-11(14-15)6-9-2-1-5-17-8-9/h3-4,7,9H,1-2,5-6,8H2,(H,13,14). The summed E-state index contributed by atoms with van der Waals surface area (Å²) in [4.78, 5) is 15.7. The molecule has 2 aromatic heterocycles. The van der Waals surface area contributed by atoms with Gasteiger partial charge >= 0.3 is 0 Å². The van der Waals surface area contributed by atoms with Gasteiger partial charge in [-0.2, -0.15) is 11.8 Å². The average molecular weight is 249 g/mol. The van der Waals surface area contributed by atoms with Gasteiger partial charge in [-0.1, -0.05) is 0 Å². The number of hydrogen-bond acceptors (Lipinski definition) is 3. The van der Waals surface area contributed by atoms with Gasteiger partial charge in [0.1, 0.15) is 5.82 Å². The normalized spacial score (nSPS) is 20.8. The van der Waals surface area contributed by atoms with Gasteiger partial charge in [-0.3, -0.25) is 9.89 Å². The lowest BCUT2D eigenvalue weighted by molar-refractivity contribution is 0.508. The van der Waals surface area contributed by atoms with E-state index in [1.807, 2.05) is 16.3 Å². The lowest BCUT2D eigenvalue weighted by Crippen LogP contribution is -2.13. The molecule has 1 unspecified atom stereocenters. The number of rotatable bonds is 2. The molecule has 3 rings (SSSR count). The summed E-state index contributed by atoms with van der Waals surface area (Å²) in [6.45, 7) is 0. The van der Waals surface area contributed by atoms with Crippen molar-refractivity contribution in [1.82, 2.24) is 14.6 Å². The second-order valence-corrected chi connectivity index (χ2v) is 5.70. The number of nitrogens with zero attached hydrogens (tertiary/aromatic N) is 2. The Morgan fingerprint density at radius 2 is 2.53 bits per heavy atom. The van der Waals surface area contributed by atoms with Gasteiger partial charge in [0.05, 0.1) is 0 Å². The smallest absolute Gasteiger partial charge is 0.183 e. The van der Waals surface area contributed by atoms with Crippen molar-refractivity contribution in [3.8, 4) is 0 Å². The quantitative estimate of drug-likeness (QED) is 0.881. The lowest BCUT2D eigenvalue weighted by atomic mass is 10.0. The van der Waals surface area contributed by atoms with E-state index in [-0.39, 0.29) is 5.43 Å². The largest absolute Gasteiger partial charge is 0.290 e. The van der Waals surface area contributed by atoms with E-state index in [2.05, 4.69) is 10.1 Å². The molecule has 3 heterocycles. The molecular weight excluding hydrogens is 234 g/mol. The molecule has 1 aliphatic heterocycles. The van der Waals surface area contributed by atoms with Gasteiger partial charge in [0.2, 0.25) is 0 Å². The van der Waals surface area contributed by atoms with Crippen LogP contribution in [-0.4, -0.2) is 26.1 Å². The van der Waals surface area contributed by atoms with Crippen LogP contribution in [0.1, 0.15) is 18.7 Å². The highest BCUT2D eigenvalue weighted by Crippen LogP contribution is 2.24. The third-order valence-corrected chi connectivity index (χ3v) is 4.43. The highest BCUT2D eigenvalue weighted by Gasteiger charge is 2.16. The van der Waals surface area contributed by atoms with E-state index >= 15 is 0 Å². The van der Waals surface area contributed by atoms with Crippen LogP contribution >= 0.6 is 11.8 Å².